The highest BCUT2D eigenvalue weighted by Gasteiger charge is 2.12. The number of rotatable bonds is 8. The van der Waals surface area contributed by atoms with Gasteiger partial charge in [-0.1, -0.05) is 17.7 Å². The molecule has 0 saturated heterocycles. The lowest BCUT2D eigenvalue weighted by molar-refractivity contribution is -0.115. The molecule has 1 aromatic rings. The predicted molar refractivity (Wildman–Crippen MR) is 87.8 cm³/mol. The molecule has 7 heteroatoms. The fourth-order valence-corrected chi connectivity index (χ4v) is 1.75. The van der Waals surface area contributed by atoms with E-state index in [-0.39, 0.29) is 31.0 Å². The lowest BCUT2D eigenvalue weighted by Crippen LogP contribution is -2.30. The topological polar surface area (TPSA) is 59.6 Å². The minimum absolute atomic E-state index is 0. The number of benzene rings is 1. The maximum atomic E-state index is 11.8. The Morgan fingerprint density at radius 2 is 2.10 bits per heavy atom. The Labute approximate surface area is 136 Å². The molecule has 0 spiro atoms. The summed E-state index contributed by atoms with van der Waals surface area (Å²) in [6.45, 7) is 5.19. The maximum Gasteiger partial charge on any atom is 0.238 e. The molecule has 1 rings (SSSR count). The number of carbonyl (C=O) groups is 1. The number of carbonyl (C=O) groups excluding carboxylic acids is 1. The van der Waals surface area contributed by atoms with Crippen LogP contribution in [0.2, 0.25) is 5.02 Å². The number of anilines is 1. The van der Waals surface area contributed by atoms with Crippen LogP contribution in [0.5, 0.6) is 5.75 Å². The molecule has 0 aliphatic carbocycles. The molecule has 120 valence electrons. The minimum atomic E-state index is -0.156. The first-order chi connectivity index (χ1) is 9.54. The molecule has 0 atom stereocenters. The summed E-state index contributed by atoms with van der Waals surface area (Å²) in [5.74, 6) is 0.339. The number of ether oxygens (including phenoxy) is 2. The molecule has 0 saturated carbocycles. The second-order valence-electron chi connectivity index (χ2n) is 4.50. The highest BCUT2D eigenvalue weighted by Crippen LogP contribution is 2.33. The van der Waals surface area contributed by atoms with Gasteiger partial charge < -0.3 is 20.1 Å². The van der Waals surface area contributed by atoms with Crippen LogP contribution in [0.4, 0.5) is 5.69 Å². The second-order valence-corrected chi connectivity index (χ2v) is 4.91. The summed E-state index contributed by atoms with van der Waals surface area (Å²) in [6.07, 6.45) is -0.0228. The third-order valence-corrected chi connectivity index (χ3v) is 2.66. The van der Waals surface area contributed by atoms with Gasteiger partial charge in [0.15, 0.2) is 5.75 Å². The van der Waals surface area contributed by atoms with Crippen molar-refractivity contribution in [2.24, 2.45) is 0 Å². The van der Waals surface area contributed by atoms with Gasteiger partial charge in [0.05, 0.1) is 30.0 Å². The molecule has 0 aliphatic rings. The van der Waals surface area contributed by atoms with E-state index in [1.54, 1.807) is 25.3 Å². The van der Waals surface area contributed by atoms with E-state index in [2.05, 4.69) is 10.6 Å². The van der Waals surface area contributed by atoms with Crippen LogP contribution in [0.1, 0.15) is 13.8 Å². The molecule has 0 bridgehead atoms. The predicted octanol–water partition coefficient (Wildman–Crippen LogP) is 2.72. The summed E-state index contributed by atoms with van der Waals surface area (Å²) in [5.41, 5.74) is 0.574. The number of methoxy groups -OCH3 is 1. The first kappa shape index (κ1) is 20.0. The van der Waals surface area contributed by atoms with E-state index in [0.717, 1.165) is 0 Å². The lowest BCUT2D eigenvalue weighted by Gasteiger charge is -2.16. The molecule has 0 unspecified atom stereocenters. The van der Waals surface area contributed by atoms with Gasteiger partial charge in [0, 0.05) is 13.7 Å². The Bertz CT molecular complexity index is 442. The van der Waals surface area contributed by atoms with Gasteiger partial charge in [-0.05, 0) is 26.0 Å². The van der Waals surface area contributed by atoms with E-state index in [1.807, 2.05) is 13.8 Å². The Morgan fingerprint density at radius 1 is 1.38 bits per heavy atom. The summed E-state index contributed by atoms with van der Waals surface area (Å²) in [4.78, 5) is 11.8. The van der Waals surface area contributed by atoms with E-state index in [4.69, 9.17) is 21.1 Å². The van der Waals surface area contributed by atoms with Crippen molar-refractivity contribution in [1.29, 1.82) is 0 Å². The normalized spacial score (nSPS) is 10.1. The van der Waals surface area contributed by atoms with Gasteiger partial charge in [-0.2, -0.15) is 0 Å². The van der Waals surface area contributed by atoms with Crippen molar-refractivity contribution in [3.05, 3.63) is 23.2 Å². The maximum absolute atomic E-state index is 11.8. The fraction of sp³-hybridized carbons (Fsp3) is 0.500. The van der Waals surface area contributed by atoms with Crippen LogP contribution in [-0.2, 0) is 9.53 Å². The zero-order valence-corrected chi connectivity index (χ0v) is 14.0. The van der Waals surface area contributed by atoms with Crippen LogP contribution >= 0.6 is 24.0 Å². The van der Waals surface area contributed by atoms with Gasteiger partial charge in [-0.25, -0.2) is 0 Å². The molecular weight excluding hydrogens is 315 g/mol. The number of hydrogen-bond acceptors (Lipinski definition) is 4. The molecule has 1 amide bonds. The van der Waals surface area contributed by atoms with Crippen LogP contribution in [0.15, 0.2) is 18.2 Å². The molecule has 0 fully saturated rings. The van der Waals surface area contributed by atoms with E-state index in [0.29, 0.717) is 29.6 Å². The third kappa shape index (κ3) is 7.52. The quantitative estimate of drug-likeness (QED) is 0.716. The summed E-state index contributed by atoms with van der Waals surface area (Å²) in [6, 6.07) is 5.26. The average Bonchev–Trinajstić information content (AvgIpc) is 2.38. The largest absolute Gasteiger partial charge is 0.487 e. The molecule has 2 N–H and O–H groups in total. The zero-order valence-electron chi connectivity index (χ0n) is 12.4. The fourth-order valence-electron chi connectivity index (χ4n) is 1.53. The van der Waals surface area contributed by atoms with Gasteiger partial charge in [0.25, 0.3) is 0 Å². The van der Waals surface area contributed by atoms with Crippen molar-refractivity contribution in [1.82, 2.24) is 5.32 Å². The molecule has 5 nitrogen and oxygen atoms in total. The van der Waals surface area contributed by atoms with Gasteiger partial charge in [0.1, 0.15) is 0 Å². The van der Waals surface area contributed by atoms with Gasteiger partial charge in [-0.15, -0.1) is 12.4 Å². The van der Waals surface area contributed by atoms with E-state index < -0.39 is 0 Å². The molecular formula is C14H22Cl2N2O3. The van der Waals surface area contributed by atoms with Gasteiger partial charge in [0.2, 0.25) is 5.91 Å². The average molecular weight is 337 g/mol. The van der Waals surface area contributed by atoms with E-state index in [9.17, 15) is 4.79 Å². The van der Waals surface area contributed by atoms with Gasteiger partial charge >= 0.3 is 0 Å². The van der Waals surface area contributed by atoms with Crippen molar-refractivity contribution in [3.8, 4) is 5.75 Å². The van der Waals surface area contributed by atoms with Crippen LogP contribution in [0.3, 0.4) is 0 Å². The number of halogens is 2. The first-order valence-electron chi connectivity index (χ1n) is 6.49. The lowest BCUT2D eigenvalue weighted by atomic mass is 10.2. The van der Waals surface area contributed by atoms with Crippen molar-refractivity contribution >= 4 is 35.6 Å². The van der Waals surface area contributed by atoms with Crippen LogP contribution in [0, 0.1) is 0 Å². The SMILES string of the molecule is COCCNCC(=O)Nc1cccc(Cl)c1OC(C)C.Cl. The Hall–Kier alpha value is -1.01. The molecule has 0 aromatic heterocycles. The van der Waals surface area contributed by atoms with E-state index >= 15 is 0 Å². The summed E-state index contributed by atoms with van der Waals surface area (Å²) in [7, 11) is 1.61. The minimum Gasteiger partial charge on any atom is -0.487 e. The number of para-hydroxylation sites is 1. The van der Waals surface area contributed by atoms with Crippen LogP contribution < -0.4 is 15.4 Å². The Morgan fingerprint density at radius 3 is 2.71 bits per heavy atom. The van der Waals surface area contributed by atoms with Crippen molar-refractivity contribution in [3.63, 3.8) is 0 Å². The molecule has 0 aliphatic heterocycles. The number of hydrogen-bond donors (Lipinski definition) is 2. The monoisotopic (exact) mass is 336 g/mol. The van der Waals surface area contributed by atoms with Crippen molar-refractivity contribution in [2.75, 3.05) is 32.1 Å². The highest BCUT2D eigenvalue weighted by molar-refractivity contribution is 6.32. The van der Waals surface area contributed by atoms with Gasteiger partial charge in [-0.3, -0.25) is 4.79 Å². The molecule has 1 aromatic carbocycles. The Kier molecular flexibility index (Phi) is 10.2. The number of amides is 1. The van der Waals surface area contributed by atoms with Crippen molar-refractivity contribution in [2.45, 2.75) is 20.0 Å². The second kappa shape index (κ2) is 10.7. The third-order valence-electron chi connectivity index (χ3n) is 2.36. The standard InChI is InChI=1S/C14H21ClN2O3.ClH/c1-10(2)20-14-11(15)5-4-6-12(14)17-13(18)9-16-7-8-19-3;/h4-6,10,16H,7-9H2,1-3H3,(H,17,18);1H. The number of nitrogens with one attached hydrogen (secondary N) is 2. The highest BCUT2D eigenvalue weighted by atomic mass is 35.5. The summed E-state index contributed by atoms with van der Waals surface area (Å²) >= 11 is 6.09. The van der Waals surface area contributed by atoms with E-state index in [1.165, 1.54) is 0 Å². The zero-order chi connectivity index (χ0) is 15.0. The van der Waals surface area contributed by atoms with Crippen LogP contribution in [0.25, 0.3) is 0 Å². The van der Waals surface area contributed by atoms with Crippen LogP contribution in [-0.4, -0.2) is 38.8 Å². The van der Waals surface area contributed by atoms with Crippen molar-refractivity contribution < 1.29 is 14.3 Å². The Balaban J connectivity index is 0.00000400. The smallest absolute Gasteiger partial charge is 0.238 e. The first-order valence-corrected chi connectivity index (χ1v) is 6.87. The molecule has 21 heavy (non-hydrogen) atoms. The molecule has 0 radical (unpaired) electrons. The molecule has 0 heterocycles. The summed E-state index contributed by atoms with van der Waals surface area (Å²) < 4.78 is 10.5. The summed E-state index contributed by atoms with van der Waals surface area (Å²) in [5, 5.41) is 6.23.